The van der Waals surface area contributed by atoms with Crippen LogP contribution in [0.2, 0.25) is 0 Å². The van der Waals surface area contributed by atoms with Crippen LogP contribution in [-0.4, -0.2) is 46.7 Å². The molecule has 234 valence electrons. The van der Waals surface area contributed by atoms with Crippen LogP contribution in [0.25, 0.3) is 0 Å². The van der Waals surface area contributed by atoms with Crippen LogP contribution in [0.15, 0.2) is 66.9 Å². The van der Waals surface area contributed by atoms with Gasteiger partial charge in [0.1, 0.15) is 17.9 Å². The molecule has 0 saturated carbocycles. The van der Waals surface area contributed by atoms with Gasteiger partial charge in [-0.25, -0.2) is 4.73 Å². The van der Waals surface area contributed by atoms with Crippen molar-refractivity contribution in [3.8, 4) is 5.75 Å². The number of carbonyl (C=O) groups is 3. The molecule has 0 aliphatic carbocycles. The number of amides is 2. The molecule has 1 aliphatic heterocycles. The van der Waals surface area contributed by atoms with Gasteiger partial charge in [-0.2, -0.15) is 9.69 Å². The summed E-state index contributed by atoms with van der Waals surface area (Å²) in [7, 11) is 0. The minimum absolute atomic E-state index is 0.155. The van der Waals surface area contributed by atoms with Gasteiger partial charge < -0.3 is 30.4 Å². The van der Waals surface area contributed by atoms with E-state index in [1.54, 1.807) is 62.1 Å². The fourth-order valence-electron chi connectivity index (χ4n) is 5.25. The van der Waals surface area contributed by atoms with Crippen LogP contribution in [0.4, 0.5) is 16.3 Å². The first kappa shape index (κ1) is 32.1. The van der Waals surface area contributed by atoms with Crippen LogP contribution in [0.3, 0.4) is 0 Å². The van der Waals surface area contributed by atoms with E-state index in [0.717, 1.165) is 16.7 Å². The second-order valence-electron chi connectivity index (χ2n) is 12.0. The summed E-state index contributed by atoms with van der Waals surface area (Å²) in [5, 5.41) is 21.9. The third-order valence-corrected chi connectivity index (χ3v) is 7.38. The van der Waals surface area contributed by atoms with E-state index in [1.165, 1.54) is 11.1 Å². The number of aliphatic carboxylic acids is 1. The van der Waals surface area contributed by atoms with Crippen LogP contribution in [0.5, 0.6) is 5.75 Å². The first-order valence-corrected chi connectivity index (χ1v) is 14.6. The number of nitrogens with two attached hydrogens (primary N) is 1. The van der Waals surface area contributed by atoms with E-state index in [0.29, 0.717) is 35.6 Å². The Hall–Kier alpha value is -4.80. The highest BCUT2D eigenvalue weighted by Gasteiger charge is 2.35. The maximum atomic E-state index is 13.6. The highest BCUT2D eigenvalue weighted by molar-refractivity contribution is 5.86. The molecule has 2 unspecified atom stereocenters. The molecule has 1 aromatic heterocycles. The molecule has 2 amide bonds. The van der Waals surface area contributed by atoms with E-state index >= 15 is 0 Å². The number of nitrogen functional groups attached to an aromatic ring is 1. The lowest BCUT2D eigenvalue weighted by atomic mass is 9.93. The molecule has 2 atom stereocenters. The number of carbonyl (C=O) groups excluding carboxylic acids is 2. The summed E-state index contributed by atoms with van der Waals surface area (Å²) < 4.78 is 12.2. The van der Waals surface area contributed by atoms with Crippen LogP contribution in [-0.2, 0) is 27.3 Å². The minimum Gasteiger partial charge on any atom is -0.711 e. The van der Waals surface area contributed by atoms with Crippen molar-refractivity contribution in [3.63, 3.8) is 0 Å². The number of carboxylic acids is 1. The molecule has 11 nitrogen and oxygen atoms in total. The van der Waals surface area contributed by atoms with E-state index in [4.69, 9.17) is 15.2 Å². The number of pyridine rings is 1. The second-order valence-corrected chi connectivity index (χ2v) is 12.0. The number of hydrogen-bond donors (Lipinski definition) is 2. The molecule has 2 heterocycles. The maximum Gasteiger partial charge on any atom is 0.507 e. The molecule has 0 bridgehead atoms. The number of hydrogen-bond acceptors (Lipinski definition) is 7. The van der Waals surface area contributed by atoms with Crippen molar-refractivity contribution < 1.29 is 33.7 Å². The number of rotatable bonds is 10. The minimum atomic E-state index is -1.02. The number of benzene rings is 2. The Labute approximate surface area is 257 Å². The van der Waals surface area contributed by atoms with Gasteiger partial charge in [0.05, 0.1) is 31.2 Å². The molecule has 44 heavy (non-hydrogen) atoms. The molecule has 2 aromatic carbocycles. The number of fused-ring (bicyclic) bond motifs is 1. The first-order valence-electron chi connectivity index (χ1n) is 14.6. The van der Waals surface area contributed by atoms with E-state index in [9.17, 15) is 24.7 Å². The lowest BCUT2D eigenvalue weighted by molar-refractivity contribution is -0.591. The van der Waals surface area contributed by atoms with Crippen molar-refractivity contribution in [2.45, 2.75) is 65.1 Å². The van der Waals surface area contributed by atoms with Gasteiger partial charge in [-0.15, -0.1) is 0 Å². The van der Waals surface area contributed by atoms with E-state index < -0.39 is 23.6 Å². The molecule has 1 aliphatic rings. The summed E-state index contributed by atoms with van der Waals surface area (Å²) in [5.74, 6) is -1.20. The van der Waals surface area contributed by atoms with Gasteiger partial charge in [-0.3, -0.25) is 9.59 Å². The quantitative estimate of drug-likeness (QED) is 0.144. The van der Waals surface area contributed by atoms with Crippen LogP contribution in [0, 0.1) is 11.1 Å². The van der Waals surface area contributed by atoms with E-state index in [2.05, 4.69) is 0 Å². The first-order chi connectivity index (χ1) is 20.8. The van der Waals surface area contributed by atoms with Crippen LogP contribution >= 0.6 is 0 Å². The van der Waals surface area contributed by atoms with Crippen LogP contribution in [0.1, 0.15) is 63.3 Å². The van der Waals surface area contributed by atoms with Gasteiger partial charge >= 0.3 is 12.1 Å². The fourth-order valence-corrected chi connectivity index (χ4v) is 5.25. The normalized spacial score (nSPS) is 16.5. The highest BCUT2D eigenvalue weighted by atomic mass is 16.6. The smallest absolute Gasteiger partial charge is 0.507 e. The summed E-state index contributed by atoms with van der Waals surface area (Å²) in [5.41, 5.74) is 8.38. The van der Waals surface area contributed by atoms with Gasteiger partial charge in [-0.05, 0) is 81.1 Å². The standard InChI is InChI=1S/C33H40N4O7/c1-22-28-20-27(43-17-7-15-35(32(41)44-33(2,3)4)29-8-5-6-16-37(29)42)14-11-24(28)18-25(19-30(38)39)31(40)36(22)21-23-9-12-26(34)13-10-23/h5-6,8-14,16,20,22,25H,7,15,17-19,21,34H2,1-4H3,(H,38,39). The summed E-state index contributed by atoms with van der Waals surface area (Å²) in [6.45, 7) is 7.94. The monoisotopic (exact) mass is 604 g/mol. The Morgan fingerprint density at radius 2 is 1.86 bits per heavy atom. The van der Waals surface area contributed by atoms with Crippen molar-refractivity contribution in [1.82, 2.24) is 4.90 Å². The molecule has 0 fully saturated rings. The molecule has 11 heteroatoms. The van der Waals surface area contributed by atoms with Crippen molar-refractivity contribution >= 4 is 29.5 Å². The number of ether oxygens (including phenoxy) is 2. The van der Waals surface area contributed by atoms with E-state index in [-0.39, 0.29) is 37.3 Å². The van der Waals surface area contributed by atoms with Gasteiger partial charge in [0.25, 0.3) is 5.82 Å². The Morgan fingerprint density at radius 3 is 2.52 bits per heavy atom. The second kappa shape index (κ2) is 13.7. The summed E-state index contributed by atoms with van der Waals surface area (Å²) in [6, 6.07) is 17.3. The summed E-state index contributed by atoms with van der Waals surface area (Å²) in [4.78, 5) is 41.2. The Morgan fingerprint density at radius 1 is 1.14 bits per heavy atom. The molecule has 0 radical (unpaired) electrons. The zero-order chi connectivity index (χ0) is 32.0. The fraction of sp³-hybridized carbons (Fsp3) is 0.394. The van der Waals surface area contributed by atoms with Gasteiger partial charge in [0.15, 0.2) is 0 Å². The van der Waals surface area contributed by atoms with Gasteiger partial charge in [0, 0.05) is 24.7 Å². The number of carboxylic acid groups (broad SMARTS) is 1. The topological polar surface area (TPSA) is 149 Å². The molecule has 0 saturated heterocycles. The number of aromatic nitrogens is 1. The molecular formula is C33H40N4O7. The lowest BCUT2D eigenvalue weighted by Crippen LogP contribution is -2.44. The largest absolute Gasteiger partial charge is 0.711 e. The van der Waals surface area contributed by atoms with Crippen molar-refractivity contribution in [2.75, 3.05) is 23.8 Å². The predicted molar refractivity (Wildman–Crippen MR) is 165 cm³/mol. The average molecular weight is 605 g/mol. The Bertz CT molecular complexity index is 1490. The summed E-state index contributed by atoms with van der Waals surface area (Å²) in [6.07, 6.45) is 1.14. The maximum absolute atomic E-state index is 13.6. The number of nitrogens with zero attached hydrogens (tertiary/aromatic N) is 3. The van der Waals surface area contributed by atoms with Gasteiger partial charge in [0.2, 0.25) is 5.91 Å². The summed E-state index contributed by atoms with van der Waals surface area (Å²) >= 11 is 0. The van der Waals surface area contributed by atoms with Gasteiger partial charge in [-0.1, -0.05) is 24.3 Å². The zero-order valence-electron chi connectivity index (χ0n) is 25.6. The molecule has 4 rings (SSSR count). The SMILES string of the molecule is CC1c2cc(OCCCN(C(=O)OC(C)(C)C)c3cccc[n+]3[O-])ccc2CC(CC(=O)O)C(=O)N1Cc1ccc(N)cc1. The average Bonchev–Trinajstić information content (AvgIpc) is 3.04. The highest BCUT2D eigenvalue weighted by Crippen LogP contribution is 2.36. The Kier molecular flexibility index (Phi) is 9.97. The predicted octanol–water partition coefficient (Wildman–Crippen LogP) is 4.85. The van der Waals surface area contributed by atoms with Crippen molar-refractivity contribution in [2.24, 2.45) is 5.92 Å². The molecule has 3 N–H and O–H groups in total. The molecular weight excluding hydrogens is 564 g/mol. The molecule has 3 aromatic rings. The third-order valence-electron chi connectivity index (χ3n) is 7.38. The van der Waals surface area contributed by atoms with E-state index in [1.807, 2.05) is 31.2 Å². The van der Waals surface area contributed by atoms with Crippen molar-refractivity contribution in [1.29, 1.82) is 0 Å². The Balaban J connectivity index is 1.50. The van der Waals surface area contributed by atoms with Crippen molar-refractivity contribution in [3.05, 3.63) is 88.8 Å². The molecule has 0 spiro atoms. The third kappa shape index (κ3) is 8.18. The number of anilines is 2. The van der Waals surface area contributed by atoms with Crippen LogP contribution < -0.4 is 20.1 Å². The lowest BCUT2D eigenvalue weighted by Gasteiger charge is -2.30. The zero-order valence-corrected chi connectivity index (χ0v) is 25.6.